The second kappa shape index (κ2) is 7.31. The number of nitrogens with one attached hydrogen (secondary N) is 2. The monoisotopic (exact) mass is 362 g/mol. The molecule has 25 heavy (non-hydrogen) atoms. The Hall–Kier alpha value is -2.93. The number of hydrazine groups is 1. The van der Waals surface area contributed by atoms with Crippen molar-refractivity contribution < 1.29 is 23.8 Å². The van der Waals surface area contributed by atoms with E-state index in [0.717, 1.165) is 5.56 Å². The number of halogens is 1. The van der Waals surface area contributed by atoms with Crippen molar-refractivity contribution >= 4 is 23.4 Å². The summed E-state index contributed by atoms with van der Waals surface area (Å²) in [5, 5.41) is 0.405. The van der Waals surface area contributed by atoms with Gasteiger partial charge in [-0.3, -0.25) is 20.4 Å². The third-order valence-corrected chi connectivity index (χ3v) is 3.71. The highest BCUT2D eigenvalue weighted by Gasteiger charge is 2.16. The molecule has 0 radical (unpaired) electrons. The lowest BCUT2D eigenvalue weighted by Gasteiger charge is -2.10. The van der Waals surface area contributed by atoms with E-state index in [2.05, 4.69) is 10.9 Å². The minimum atomic E-state index is -0.522. The smallest absolute Gasteiger partial charge is 0.276 e. The number of fused-ring (bicyclic) bond motifs is 1. The molecular weight excluding hydrogens is 348 g/mol. The molecule has 0 bridgehead atoms. The second-order valence-electron chi connectivity index (χ2n) is 5.29. The summed E-state index contributed by atoms with van der Waals surface area (Å²) < 4.78 is 15.7. The van der Waals surface area contributed by atoms with Gasteiger partial charge in [-0.1, -0.05) is 17.7 Å². The van der Waals surface area contributed by atoms with Gasteiger partial charge in [-0.25, -0.2) is 0 Å². The van der Waals surface area contributed by atoms with Crippen molar-refractivity contribution in [2.45, 2.75) is 6.92 Å². The lowest BCUT2D eigenvalue weighted by atomic mass is 10.2. The van der Waals surface area contributed by atoms with Crippen molar-refractivity contribution in [1.29, 1.82) is 0 Å². The lowest BCUT2D eigenvalue weighted by Crippen LogP contribution is -2.43. The molecule has 2 amide bonds. The first-order chi connectivity index (χ1) is 12.0. The standard InChI is InChI=1S/C17H15ClN2O5/c1-10-2-4-12(18)14(6-10)23-8-16(21)19-20-17(22)11-3-5-13-15(7-11)25-9-24-13/h2-7H,8-9H2,1H3,(H,19,21)(H,20,22). The van der Waals surface area contributed by atoms with Crippen molar-refractivity contribution in [1.82, 2.24) is 10.9 Å². The lowest BCUT2D eigenvalue weighted by molar-refractivity contribution is -0.123. The number of rotatable bonds is 4. The Morgan fingerprint density at radius 2 is 1.92 bits per heavy atom. The molecule has 0 spiro atoms. The Balaban J connectivity index is 1.50. The van der Waals surface area contributed by atoms with Gasteiger partial charge >= 0.3 is 0 Å². The molecule has 130 valence electrons. The third-order valence-electron chi connectivity index (χ3n) is 3.40. The van der Waals surface area contributed by atoms with Gasteiger partial charge in [0.25, 0.3) is 11.8 Å². The summed E-state index contributed by atoms with van der Waals surface area (Å²) in [6, 6.07) is 9.97. The number of carbonyl (C=O) groups is 2. The van der Waals surface area contributed by atoms with Crippen LogP contribution in [0.4, 0.5) is 0 Å². The molecule has 0 unspecified atom stereocenters. The summed E-state index contributed by atoms with van der Waals surface area (Å²) in [6.45, 7) is 1.72. The number of carbonyl (C=O) groups excluding carboxylic acids is 2. The van der Waals surface area contributed by atoms with Crippen LogP contribution in [0, 0.1) is 6.92 Å². The first-order valence-corrected chi connectivity index (χ1v) is 7.78. The molecule has 0 aliphatic carbocycles. The van der Waals surface area contributed by atoms with Crippen LogP contribution in [0.2, 0.25) is 5.02 Å². The summed E-state index contributed by atoms with van der Waals surface area (Å²) in [5.74, 6) is 0.450. The van der Waals surface area contributed by atoms with E-state index >= 15 is 0 Å². The predicted octanol–water partition coefficient (Wildman–Crippen LogP) is 2.22. The van der Waals surface area contributed by atoms with E-state index in [9.17, 15) is 9.59 Å². The van der Waals surface area contributed by atoms with E-state index < -0.39 is 11.8 Å². The molecule has 0 atom stereocenters. The van der Waals surface area contributed by atoms with Crippen LogP contribution in [-0.2, 0) is 4.79 Å². The molecule has 1 heterocycles. The Morgan fingerprint density at radius 3 is 2.76 bits per heavy atom. The highest BCUT2D eigenvalue weighted by atomic mass is 35.5. The van der Waals surface area contributed by atoms with Gasteiger partial charge in [-0.2, -0.15) is 0 Å². The quantitative estimate of drug-likeness (QED) is 0.814. The van der Waals surface area contributed by atoms with Crippen LogP contribution in [-0.4, -0.2) is 25.2 Å². The molecule has 2 aromatic rings. The van der Waals surface area contributed by atoms with Gasteiger partial charge in [-0.05, 0) is 42.8 Å². The summed E-state index contributed by atoms with van der Waals surface area (Å²) in [6.07, 6.45) is 0. The molecule has 0 saturated heterocycles. The van der Waals surface area contributed by atoms with Crippen LogP contribution in [0.5, 0.6) is 17.2 Å². The molecule has 2 aromatic carbocycles. The van der Waals surface area contributed by atoms with E-state index in [1.165, 1.54) is 6.07 Å². The first-order valence-electron chi connectivity index (χ1n) is 7.41. The van der Waals surface area contributed by atoms with Gasteiger partial charge in [0, 0.05) is 5.56 Å². The molecule has 0 fully saturated rings. The Bertz CT molecular complexity index is 825. The average molecular weight is 363 g/mol. The average Bonchev–Trinajstić information content (AvgIpc) is 3.08. The normalized spacial score (nSPS) is 11.8. The minimum Gasteiger partial charge on any atom is -0.482 e. The van der Waals surface area contributed by atoms with Crippen LogP contribution in [0.15, 0.2) is 36.4 Å². The van der Waals surface area contributed by atoms with Gasteiger partial charge in [0.05, 0.1) is 5.02 Å². The van der Waals surface area contributed by atoms with Crippen molar-refractivity contribution in [3.05, 3.63) is 52.5 Å². The molecule has 3 rings (SSSR count). The highest BCUT2D eigenvalue weighted by Crippen LogP contribution is 2.32. The van der Waals surface area contributed by atoms with Crippen LogP contribution >= 0.6 is 11.6 Å². The van der Waals surface area contributed by atoms with E-state index in [1.54, 1.807) is 24.3 Å². The van der Waals surface area contributed by atoms with Gasteiger partial charge in [-0.15, -0.1) is 0 Å². The van der Waals surface area contributed by atoms with Crippen LogP contribution in [0.1, 0.15) is 15.9 Å². The Kier molecular flexibility index (Phi) is 4.95. The van der Waals surface area contributed by atoms with Crippen molar-refractivity contribution in [3.63, 3.8) is 0 Å². The molecule has 0 saturated carbocycles. The highest BCUT2D eigenvalue weighted by molar-refractivity contribution is 6.32. The minimum absolute atomic E-state index is 0.121. The van der Waals surface area contributed by atoms with Crippen LogP contribution in [0.3, 0.4) is 0 Å². The number of hydrogen-bond acceptors (Lipinski definition) is 5. The number of benzene rings is 2. The van der Waals surface area contributed by atoms with E-state index in [1.807, 2.05) is 13.0 Å². The largest absolute Gasteiger partial charge is 0.482 e. The van der Waals surface area contributed by atoms with Gasteiger partial charge in [0.2, 0.25) is 6.79 Å². The molecule has 8 heteroatoms. The summed E-state index contributed by atoms with van der Waals surface area (Å²) in [7, 11) is 0. The molecule has 1 aliphatic heterocycles. The predicted molar refractivity (Wildman–Crippen MR) is 89.9 cm³/mol. The Labute approximate surface area is 148 Å². The number of ether oxygens (including phenoxy) is 3. The molecular formula is C17H15ClN2O5. The number of amides is 2. The molecule has 0 aromatic heterocycles. The van der Waals surface area contributed by atoms with Crippen molar-refractivity contribution in [3.8, 4) is 17.2 Å². The second-order valence-corrected chi connectivity index (χ2v) is 5.70. The topological polar surface area (TPSA) is 85.9 Å². The van der Waals surface area contributed by atoms with Gasteiger partial charge in [0.15, 0.2) is 18.1 Å². The zero-order valence-electron chi connectivity index (χ0n) is 13.3. The van der Waals surface area contributed by atoms with E-state index in [0.29, 0.717) is 27.8 Å². The fraction of sp³-hybridized carbons (Fsp3) is 0.176. The maximum Gasteiger partial charge on any atom is 0.276 e. The van der Waals surface area contributed by atoms with Crippen molar-refractivity contribution in [2.24, 2.45) is 0 Å². The SMILES string of the molecule is Cc1ccc(Cl)c(OCC(=O)NNC(=O)c2ccc3c(c2)OCO3)c1. The molecule has 2 N–H and O–H groups in total. The fourth-order valence-electron chi connectivity index (χ4n) is 2.14. The van der Waals surface area contributed by atoms with Gasteiger partial charge in [0.1, 0.15) is 5.75 Å². The number of aryl methyl sites for hydroxylation is 1. The van der Waals surface area contributed by atoms with Crippen LogP contribution < -0.4 is 25.1 Å². The molecule has 7 nitrogen and oxygen atoms in total. The van der Waals surface area contributed by atoms with E-state index in [4.69, 9.17) is 25.8 Å². The van der Waals surface area contributed by atoms with Crippen molar-refractivity contribution in [2.75, 3.05) is 13.4 Å². The summed E-state index contributed by atoms with van der Waals surface area (Å²) >= 11 is 5.99. The fourth-order valence-corrected chi connectivity index (χ4v) is 2.31. The zero-order chi connectivity index (χ0) is 17.8. The van der Waals surface area contributed by atoms with Crippen LogP contribution in [0.25, 0.3) is 0 Å². The first kappa shape index (κ1) is 16.9. The molecule has 1 aliphatic rings. The zero-order valence-corrected chi connectivity index (χ0v) is 14.1. The van der Waals surface area contributed by atoms with E-state index in [-0.39, 0.29) is 13.4 Å². The number of hydrogen-bond donors (Lipinski definition) is 2. The summed E-state index contributed by atoms with van der Waals surface area (Å²) in [4.78, 5) is 23.8. The van der Waals surface area contributed by atoms with Gasteiger partial charge < -0.3 is 14.2 Å². The third kappa shape index (κ3) is 4.13. The Morgan fingerprint density at radius 1 is 1.12 bits per heavy atom. The maximum absolute atomic E-state index is 12.0. The summed E-state index contributed by atoms with van der Waals surface area (Å²) in [5.41, 5.74) is 5.86. The maximum atomic E-state index is 12.0.